The summed E-state index contributed by atoms with van der Waals surface area (Å²) >= 11 is 6.12. The lowest BCUT2D eigenvalue weighted by molar-refractivity contribution is 0.0289. The minimum atomic E-state index is -0.895. The molecule has 1 saturated carbocycles. The highest BCUT2D eigenvalue weighted by molar-refractivity contribution is 6.30. The van der Waals surface area contributed by atoms with Gasteiger partial charge in [-0.2, -0.15) is 5.10 Å². The Balaban J connectivity index is 1.43. The molecule has 186 valence electrons. The Morgan fingerprint density at radius 1 is 1.31 bits per heavy atom. The number of anilines is 1. The van der Waals surface area contributed by atoms with Crippen LogP contribution in [0, 0.1) is 5.41 Å². The van der Waals surface area contributed by atoms with Gasteiger partial charge in [-0.25, -0.2) is 9.78 Å². The molecule has 0 bridgehead atoms. The molecule has 0 unspecified atom stereocenters. The van der Waals surface area contributed by atoms with Crippen molar-refractivity contribution in [1.82, 2.24) is 24.6 Å². The second-order valence-corrected chi connectivity index (χ2v) is 11.3. The van der Waals surface area contributed by atoms with Crippen LogP contribution in [0.1, 0.15) is 69.3 Å². The topological polar surface area (TPSA) is 88.2 Å². The van der Waals surface area contributed by atoms with Gasteiger partial charge in [0.25, 0.3) is 0 Å². The van der Waals surface area contributed by atoms with Crippen molar-refractivity contribution < 1.29 is 9.90 Å². The molecule has 1 spiro atoms. The molecule has 6 rings (SSSR count). The van der Waals surface area contributed by atoms with Crippen molar-refractivity contribution in [2.45, 2.75) is 76.9 Å². The van der Waals surface area contributed by atoms with Crippen molar-refractivity contribution in [2.75, 3.05) is 18.0 Å². The van der Waals surface area contributed by atoms with E-state index < -0.39 is 6.09 Å². The molecule has 8 nitrogen and oxygen atoms in total. The molecule has 3 aromatic rings. The van der Waals surface area contributed by atoms with Crippen LogP contribution in [0.25, 0.3) is 11.0 Å². The van der Waals surface area contributed by atoms with Crippen molar-refractivity contribution >= 4 is 34.4 Å². The van der Waals surface area contributed by atoms with E-state index >= 15 is 0 Å². The largest absolute Gasteiger partial charge is 0.465 e. The van der Waals surface area contributed by atoms with Gasteiger partial charge in [-0.15, -0.1) is 0 Å². The number of halogens is 1. The maximum atomic E-state index is 12.1. The lowest BCUT2D eigenvalue weighted by Gasteiger charge is -2.51. The number of imidazole rings is 1. The highest BCUT2D eigenvalue weighted by Gasteiger charge is 2.46. The van der Waals surface area contributed by atoms with Gasteiger partial charge in [0.15, 0.2) is 0 Å². The van der Waals surface area contributed by atoms with Gasteiger partial charge in [-0.1, -0.05) is 18.5 Å². The molecule has 2 N–H and O–H groups in total. The average molecular weight is 497 g/mol. The van der Waals surface area contributed by atoms with Gasteiger partial charge in [0.1, 0.15) is 5.82 Å². The van der Waals surface area contributed by atoms with E-state index in [0.717, 1.165) is 54.0 Å². The van der Waals surface area contributed by atoms with E-state index in [1.165, 1.54) is 30.6 Å². The second-order valence-electron chi connectivity index (χ2n) is 10.9. The number of aryl methyl sites for hydroxylation is 1. The number of hydrogen-bond donors (Lipinski definition) is 2. The molecule has 4 heterocycles. The summed E-state index contributed by atoms with van der Waals surface area (Å²) in [7, 11) is 0. The first kappa shape index (κ1) is 22.9. The Morgan fingerprint density at radius 2 is 2.09 bits per heavy atom. The van der Waals surface area contributed by atoms with Crippen molar-refractivity contribution in [3.05, 3.63) is 40.9 Å². The van der Waals surface area contributed by atoms with E-state index in [-0.39, 0.29) is 12.0 Å². The van der Waals surface area contributed by atoms with Gasteiger partial charge < -0.3 is 15.0 Å². The zero-order valence-corrected chi connectivity index (χ0v) is 21.1. The Bertz CT molecular complexity index is 1270. The monoisotopic (exact) mass is 496 g/mol. The van der Waals surface area contributed by atoms with Crippen LogP contribution < -0.4 is 10.2 Å². The molecule has 35 heavy (non-hydrogen) atoms. The van der Waals surface area contributed by atoms with Crippen molar-refractivity contribution in [3.8, 4) is 0 Å². The summed E-state index contributed by atoms with van der Waals surface area (Å²) < 4.78 is 4.36. The van der Waals surface area contributed by atoms with E-state index in [0.29, 0.717) is 23.0 Å². The minimum Gasteiger partial charge on any atom is -0.465 e. The highest BCUT2D eigenvalue weighted by Crippen LogP contribution is 2.55. The molecular formula is C26H33ClN6O2. The maximum Gasteiger partial charge on any atom is 0.412 e. The number of benzene rings is 1. The first-order valence-electron chi connectivity index (χ1n) is 12.8. The Morgan fingerprint density at radius 3 is 2.77 bits per heavy atom. The van der Waals surface area contributed by atoms with Crippen LogP contribution in [0.5, 0.6) is 0 Å². The van der Waals surface area contributed by atoms with Crippen molar-refractivity contribution in [3.63, 3.8) is 0 Å². The van der Waals surface area contributed by atoms with Crippen LogP contribution in [0.4, 0.5) is 10.5 Å². The number of fused-ring (bicyclic) bond motifs is 3. The number of piperidine rings is 1. The van der Waals surface area contributed by atoms with Gasteiger partial charge in [0.05, 0.1) is 34.5 Å². The van der Waals surface area contributed by atoms with Crippen molar-refractivity contribution in [1.29, 1.82) is 0 Å². The summed E-state index contributed by atoms with van der Waals surface area (Å²) in [6.07, 6.45) is 9.13. The molecule has 1 aromatic carbocycles. The fraction of sp³-hybridized carbons (Fsp3) is 0.577. The van der Waals surface area contributed by atoms with E-state index in [9.17, 15) is 9.90 Å². The molecule has 3 aliphatic rings. The Hall–Kier alpha value is -2.58. The van der Waals surface area contributed by atoms with Crippen LogP contribution in [-0.4, -0.2) is 49.7 Å². The number of carboxylic acid groups (broad SMARTS) is 1. The van der Waals surface area contributed by atoms with Crippen LogP contribution in [0.3, 0.4) is 0 Å². The molecule has 1 amide bonds. The zero-order chi connectivity index (χ0) is 24.3. The van der Waals surface area contributed by atoms with Gasteiger partial charge >= 0.3 is 6.09 Å². The van der Waals surface area contributed by atoms with Crippen LogP contribution >= 0.6 is 11.6 Å². The van der Waals surface area contributed by atoms with Crippen LogP contribution in [0.15, 0.2) is 24.5 Å². The number of aromatic nitrogens is 4. The molecule has 0 radical (unpaired) electrons. The van der Waals surface area contributed by atoms with Gasteiger partial charge in [-0.05, 0) is 76.1 Å². The van der Waals surface area contributed by atoms with E-state index in [1.807, 2.05) is 23.9 Å². The second kappa shape index (κ2) is 8.52. The molecule has 2 aromatic heterocycles. The fourth-order valence-corrected chi connectivity index (χ4v) is 6.88. The number of nitrogens with one attached hydrogen (secondary N) is 1. The lowest BCUT2D eigenvalue weighted by Crippen LogP contribution is -2.46. The van der Waals surface area contributed by atoms with E-state index in [2.05, 4.69) is 28.0 Å². The Labute approximate surface area is 210 Å². The first-order valence-corrected chi connectivity index (χ1v) is 13.2. The van der Waals surface area contributed by atoms with Gasteiger partial charge in [0, 0.05) is 29.8 Å². The normalized spacial score (nSPS) is 22.8. The molecule has 1 aliphatic carbocycles. The molecule has 2 fully saturated rings. The third-order valence-electron chi connectivity index (χ3n) is 8.56. The average Bonchev–Trinajstić information content (AvgIpc) is 3.40. The van der Waals surface area contributed by atoms with Crippen LogP contribution in [-0.2, 0) is 13.0 Å². The molecule has 2 atom stereocenters. The maximum absolute atomic E-state index is 12.1. The standard InChI is InChI=1S/C26H33ClN6O2/c1-16(14-31-15-18(27)13-29-31)24-30-23-20-4-3-17(2)32(25(34)35)21(20)5-6-22(23)33(24)19-11-26(12-19)7-9-28-10-8-26/h5-6,13,15-17,19,28H,3-4,7-12,14H2,1-2H3,(H,34,35)/t16-,17+/m1/s1. The van der Waals surface area contributed by atoms with Crippen LogP contribution in [0.2, 0.25) is 5.02 Å². The fourth-order valence-electron chi connectivity index (χ4n) is 6.73. The number of nitrogens with zero attached hydrogens (tertiary/aromatic N) is 5. The zero-order valence-electron chi connectivity index (χ0n) is 20.4. The third-order valence-corrected chi connectivity index (χ3v) is 8.75. The van der Waals surface area contributed by atoms with Crippen molar-refractivity contribution in [2.24, 2.45) is 5.41 Å². The smallest absolute Gasteiger partial charge is 0.412 e. The predicted molar refractivity (Wildman–Crippen MR) is 136 cm³/mol. The number of amides is 1. The first-order chi connectivity index (χ1) is 16.8. The molecule has 2 aliphatic heterocycles. The summed E-state index contributed by atoms with van der Waals surface area (Å²) in [5, 5.41) is 18.4. The third kappa shape index (κ3) is 3.82. The molecule has 9 heteroatoms. The summed E-state index contributed by atoms with van der Waals surface area (Å²) in [5.41, 5.74) is 4.40. The van der Waals surface area contributed by atoms with Gasteiger partial charge in [0.2, 0.25) is 0 Å². The summed E-state index contributed by atoms with van der Waals surface area (Å²) in [6.45, 7) is 7.09. The summed E-state index contributed by atoms with van der Waals surface area (Å²) in [4.78, 5) is 18.8. The highest BCUT2D eigenvalue weighted by atomic mass is 35.5. The summed E-state index contributed by atoms with van der Waals surface area (Å²) in [5.74, 6) is 1.20. The Kier molecular flexibility index (Phi) is 5.56. The SMILES string of the molecule is C[C@H](Cn1cc(Cl)cn1)c1nc2c3c(ccc2n1C1CC2(CCNCC2)C1)N(C(=O)O)[C@@H](C)CC3. The quantitative estimate of drug-likeness (QED) is 0.517. The summed E-state index contributed by atoms with van der Waals surface area (Å²) in [6, 6.07) is 4.49. The predicted octanol–water partition coefficient (Wildman–Crippen LogP) is 5.21. The molecule has 1 saturated heterocycles. The van der Waals surface area contributed by atoms with E-state index in [1.54, 1.807) is 6.20 Å². The molecular weight excluding hydrogens is 464 g/mol. The number of hydrogen-bond acceptors (Lipinski definition) is 4. The number of rotatable bonds is 4. The lowest BCUT2D eigenvalue weighted by atomic mass is 9.60. The number of carbonyl (C=O) groups is 1. The van der Waals surface area contributed by atoms with Gasteiger partial charge in [-0.3, -0.25) is 9.58 Å². The van der Waals surface area contributed by atoms with E-state index in [4.69, 9.17) is 16.6 Å². The minimum absolute atomic E-state index is 0.0334.